The SMILES string of the molecule is CS(=O)(=O)c1ccccc1C(=O)Nc1cccc(Cl)c1F. The number of carbonyl (C=O) groups is 1. The molecule has 0 fully saturated rings. The summed E-state index contributed by atoms with van der Waals surface area (Å²) < 4.78 is 37.1. The van der Waals surface area contributed by atoms with Crippen LogP contribution in [0.3, 0.4) is 0 Å². The number of amides is 1. The van der Waals surface area contributed by atoms with Gasteiger partial charge in [0.2, 0.25) is 0 Å². The Hall–Kier alpha value is -1.92. The Morgan fingerprint density at radius 2 is 1.81 bits per heavy atom. The molecule has 0 saturated heterocycles. The van der Waals surface area contributed by atoms with E-state index in [1.165, 1.54) is 42.5 Å². The van der Waals surface area contributed by atoms with Gasteiger partial charge in [-0.05, 0) is 24.3 Å². The van der Waals surface area contributed by atoms with Crippen LogP contribution < -0.4 is 5.32 Å². The second-order valence-corrected chi connectivity index (χ2v) is 6.72. The Balaban J connectivity index is 2.41. The van der Waals surface area contributed by atoms with E-state index in [2.05, 4.69) is 5.32 Å². The summed E-state index contributed by atoms with van der Waals surface area (Å²) in [5.74, 6) is -1.50. The number of carbonyl (C=O) groups excluding carboxylic acids is 1. The van der Waals surface area contributed by atoms with Gasteiger partial charge in [-0.25, -0.2) is 12.8 Å². The van der Waals surface area contributed by atoms with Crippen LogP contribution in [-0.4, -0.2) is 20.6 Å². The zero-order valence-electron chi connectivity index (χ0n) is 10.9. The number of hydrogen-bond acceptors (Lipinski definition) is 3. The molecule has 0 aromatic heterocycles. The van der Waals surface area contributed by atoms with Crippen LogP contribution in [0.1, 0.15) is 10.4 Å². The highest BCUT2D eigenvalue weighted by molar-refractivity contribution is 7.90. The molecule has 0 saturated carbocycles. The van der Waals surface area contributed by atoms with Crippen molar-refractivity contribution in [2.75, 3.05) is 11.6 Å². The van der Waals surface area contributed by atoms with E-state index in [-0.39, 0.29) is 21.2 Å². The average molecular weight is 328 g/mol. The predicted molar refractivity (Wildman–Crippen MR) is 78.9 cm³/mol. The number of anilines is 1. The van der Waals surface area contributed by atoms with Crippen molar-refractivity contribution in [1.29, 1.82) is 0 Å². The van der Waals surface area contributed by atoms with Gasteiger partial charge in [0.15, 0.2) is 15.7 Å². The molecular formula is C14H11ClFNO3S. The fourth-order valence-corrected chi connectivity index (χ4v) is 2.83. The predicted octanol–water partition coefficient (Wildman–Crippen LogP) is 3.13. The minimum atomic E-state index is -3.57. The van der Waals surface area contributed by atoms with Gasteiger partial charge in [0, 0.05) is 6.26 Å². The van der Waals surface area contributed by atoms with Crippen molar-refractivity contribution in [3.8, 4) is 0 Å². The molecule has 4 nitrogen and oxygen atoms in total. The summed E-state index contributed by atoms with van der Waals surface area (Å²) in [5.41, 5.74) is -0.171. The van der Waals surface area contributed by atoms with E-state index in [0.29, 0.717) is 0 Å². The molecule has 0 bridgehead atoms. The summed E-state index contributed by atoms with van der Waals surface area (Å²) in [5, 5.41) is 2.18. The molecule has 2 rings (SSSR count). The van der Waals surface area contributed by atoms with Crippen LogP contribution in [0.4, 0.5) is 10.1 Å². The molecule has 110 valence electrons. The monoisotopic (exact) mass is 327 g/mol. The third kappa shape index (κ3) is 3.40. The molecule has 2 aromatic rings. The average Bonchev–Trinajstić information content (AvgIpc) is 2.43. The largest absolute Gasteiger partial charge is 0.319 e. The van der Waals surface area contributed by atoms with Crippen LogP contribution in [0.2, 0.25) is 5.02 Å². The summed E-state index contributed by atoms with van der Waals surface area (Å²) in [7, 11) is -3.57. The van der Waals surface area contributed by atoms with E-state index in [4.69, 9.17) is 11.6 Å². The number of nitrogens with one attached hydrogen (secondary N) is 1. The Labute approximate surface area is 126 Å². The smallest absolute Gasteiger partial charge is 0.257 e. The lowest BCUT2D eigenvalue weighted by atomic mass is 10.2. The minimum Gasteiger partial charge on any atom is -0.319 e. The molecule has 7 heteroatoms. The molecule has 1 amide bonds. The Kier molecular flexibility index (Phi) is 4.29. The molecule has 0 aliphatic heterocycles. The summed E-state index contributed by atoms with van der Waals surface area (Å²) >= 11 is 5.62. The highest BCUT2D eigenvalue weighted by atomic mass is 35.5. The fraction of sp³-hybridized carbons (Fsp3) is 0.0714. The maximum Gasteiger partial charge on any atom is 0.257 e. The van der Waals surface area contributed by atoms with Gasteiger partial charge in [-0.15, -0.1) is 0 Å². The molecule has 2 aromatic carbocycles. The quantitative estimate of drug-likeness (QED) is 0.942. The molecule has 21 heavy (non-hydrogen) atoms. The van der Waals surface area contributed by atoms with Crippen LogP contribution in [-0.2, 0) is 9.84 Å². The van der Waals surface area contributed by atoms with Crippen molar-refractivity contribution < 1.29 is 17.6 Å². The first-order valence-corrected chi connectivity index (χ1v) is 8.12. The van der Waals surface area contributed by atoms with Crippen LogP contribution in [0, 0.1) is 5.82 Å². The topological polar surface area (TPSA) is 63.2 Å². The summed E-state index contributed by atoms with van der Waals surface area (Å²) in [6.07, 6.45) is 0.999. The number of rotatable bonds is 3. The maximum absolute atomic E-state index is 13.7. The molecule has 1 N–H and O–H groups in total. The van der Waals surface area contributed by atoms with Gasteiger partial charge >= 0.3 is 0 Å². The Bertz CT molecular complexity index is 806. The van der Waals surface area contributed by atoms with E-state index in [0.717, 1.165) is 6.26 Å². The van der Waals surface area contributed by atoms with Crippen LogP contribution in [0.5, 0.6) is 0 Å². The standard InChI is InChI=1S/C14H11ClFNO3S/c1-21(19,20)12-8-3-2-5-9(12)14(18)17-11-7-4-6-10(15)13(11)16/h2-8H,1H3,(H,17,18). The van der Waals surface area contributed by atoms with Crippen molar-refractivity contribution in [1.82, 2.24) is 0 Å². The number of benzene rings is 2. The molecule has 0 unspecified atom stereocenters. The number of hydrogen-bond donors (Lipinski definition) is 1. The van der Waals surface area contributed by atoms with Crippen molar-refractivity contribution in [3.05, 3.63) is 58.9 Å². The first kappa shape index (κ1) is 15.5. The Morgan fingerprint density at radius 1 is 1.14 bits per heavy atom. The summed E-state index contributed by atoms with van der Waals surface area (Å²) in [6.45, 7) is 0. The first-order chi connectivity index (χ1) is 9.80. The first-order valence-electron chi connectivity index (χ1n) is 5.85. The third-order valence-corrected chi connectivity index (χ3v) is 4.18. The van der Waals surface area contributed by atoms with Crippen molar-refractivity contribution >= 4 is 33.0 Å². The van der Waals surface area contributed by atoms with E-state index in [1.807, 2.05) is 0 Å². The van der Waals surface area contributed by atoms with Gasteiger partial charge in [0.25, 0.3) is 5.91 Å². The molecule has 0 radical (unpaired) electrons. The lowest BCUT2D eigenvalue weighted by Gasteiger charge is -2.10. The zero-order chi connectivity index (χ0) is 15.6. The van der Waals surface area contributed by atoms with E-state index in [1.54, 1.807) is 0 Å². The molecule has 0 aliphatic carbocycles. The molecule has 0 spiro atoms. The number of sulfone groups is 1. The van der Waals surface area contributed by atoms with Crippen molar-refractivity contribution in [2.45, 2.75) is 4.90 Å². The molecular weight excluding hydrogens is 317 g/mol. The highest BCUT2D eigenvalue weighted by Gasteiger charge is 2.19. The van der Waals surface area contributed by atoms with Gasteiger partial charge in [-0.2, -0.15) is 0 Å². The third-order valence-electron chi connectivity index (χ3n) is 2.73. The van der Waals surface area contributed by atoms with Crippen molar-refractivity contribution in [2.24, 2.45) is 0 Å². The molecule has 0 heterocycles. The zero-order valence-corrected chi connectivity index (χ0v) is 12.5. The van der Waals surface area contributed by atoms with Crippen molar-refractivity contribution in [3.63, 3.8) is 0 Å². The van der Waals surface area contributed by atoms with Crippen LogP contribution in [0.25, 0.3) is 0 Å². The summed E-state index contributed by atoms with van der Waals surface area (Å²) in [6, 6.07) is 9.86. The minimum absolute atomic E-state index is 0.0561. The Morgan fingerprint density at radius 3 is 2.48 bits per heavy atom. The number of halogens is 2. The van der Waals surface area contributed by atoms with Gasteiger partial charge < -0.3 is 5.32 Å². The molecule has 0 aliphatic rings. The van der Waals surface area contributed by atoms with Gasteiger partial charge in [-0.3, -0.25) is 4.79 Å². The van der Waals surface area contributed by atoms with Crippen LogP contribution in [0.15, 0.2) is 47.4 Å². The van der Waals surface area contributed by atoms with Crippen LogP contribution >= 0.6 is 11.6 Å². The van der Waals surface area contributed by atoms with E-state index in [9.17, 15) is 17.6 Å². The van der Waals surface area contributed by atoms with Gasteiger partial charge in [-0.1, -0.05) is 29.8 Å². The van der Waals surface area contributed by atoms with E-state index < -0.39 is 21.6 Å². The normalized spacial score (nSPS) is 11.2. The summed E-state index contributed by atoms with van der Waals surface area (Å²) in [4.78, 5) is 12.0. The lowest BCUT2D eigenvalue weighted by molar-refractivity contribution is 0.102. The highest BCUT2D eigenvalue weighted by Crippen LogP contribution is 2.23. The maximum atomic E-state index is 13.7. The lowest BCUT2D eigenvalue weighted by Crippen LogP contribution is -2.16. The van der Waals surface area contributed by atoms with Gasteiger partial charge in [0.05, 0.1) is 21.2 Å². The van der Waals surface area contributed by atoms with Gasteiger partial charge in [0.1, 0.15) is 0 Å². The van der Waals surface area contributed by atoms with E-state index >= 15 is 0 Å². The second-order valence-electron chi connectivity index (χ2n) is 4.32. The molecule has 0 atom stereocenters. The fourth-order valence-electron chi connectivity index (χ4n) is 1.77. The second kappa shape index (κ2) is 5.83.